The number of ether oxygens (including phenoxy) is 2. The summed E-state index contributed by atoms with van der Waals surface area (Å²) in [5, 5.41) is 1.02. The van der Waals surface area contributed by atoms with Crippen molar-refractivity contribution in [2.75, 3.05) is 44.1 Å². The predicted octanol–water partition coefficient (Wildman–Crippen LogP) is 3.32. The lowest BCUT2D eigenvalue weighted by atomic mass is 9.82. The Morgan fingerprint density at radius 3 is 2.63 bits per heavy atom. The highest BCUT2D eigenvalue weighted by Gasteiger charge is 2.33. The summed E-state index contributed by atoms with van der Waals surface area (Å²) in [4.78, 5) is 2.30. The molecular weight excluding hydrogens is 306 g/mol. The lowest BCUT2D eigenvalue weighted by molar-refractivity contribution is 0.0304. The second kappa shape index (κ2) is 6.62. The van der Waals surface area contributed by atoms with E-state index in [0.29, 0.717) is 5.41 Å². The normalized spacial score (nSPS) is 18.1. The molecule has 2 rings (SSSR count). The van der Waals surface area contributed by atoms with Gasteiger partial charge in [-0.1, -0.05) is 28.1 Å². The van der Waals surface area contributed by atoms with Crippen molar-refractivity contribution in [1.29, 1.82) is 0 Å². The summed E-state index contributed by atoms with van der Waals surface area (Å²) in [6.07, 6.45) is 2.22. The third-order valence-electron chi connectivity index (χ3n) is 3.91. The Morgan fingerprint density at radius 2 is 2.00 bits per heavy atom. The number of halogens is 1. The van der Waals surface area contributed by atoms with Crippen molar-refractivity contribution in [1.82, 2.24) is 0 Å². The number of para-hydroxylation sites is 2. The highest BCUT2D eigenvalue weighted by molar-refractivity contribution is 9.09. The summed E-state index contributed by atoms with van der Waals surface area (Å²) < 4.78 is 10.9. The first-order valence-electron chi connectivity index (χ1n) is 6.69. The summed E-state index contributed by atoms with van der Waals surface area (Å²) in [6.45, 7) is 2.75. The quantitative estimate of drug-likeness (QED) is 0.774. The first-order chi connectivity index (χ1) is 9.21. The molecule has 0 N–H and O–H groups in total. The average Bonchev–Trinajstić information content (AvgIpc) is 2.48. The summed E-state index contributed by atoms with van der Waals surface area (Å²) >= 11 is 3.69. The monoisotopic (exact) mass is 327 g/mol. The standard InChI is InChI=1S/C15H22BrNO2/c1-17(13-5-3-4-6-14(13)18-2)12-15(11-16)7-9-19-10-8-15/h3-6H,7-12H2,1-2H3. The van der Waals surface area contributed by atoms with E-state index in [4.69, 9.17) is 9.47 Å². The molecule has 1 fully saturated rings. The van der Waals surface area contributed by atoms with Gasteiger partial charge >= 0.3 is 0 Å². The van der Waals surface area contributed by atoms with Crippen LogP contribution in [0, 0.1) is 5.41 Å². The lowest BCUT2D eigenvalue weighted by Gasteiger charge is -2.39. The molecule has 4 heteroatoms. The van der Waals surface area contributed by atoms with E-state index in [-0.39, 0.29) is 0 Å². The molecule has 1 aliphatic heterocycles. The van der Waals surface area contributed by atoms with E-state index in [9.17, 15) is 0 Å². The fraction of sp³-hybridized carbons (Fsp3) is 0.600. The van der Waals surface area contributed by atoms with E-state index in [1.165, 1.54) is 0 Å². The Labute approximate surface area is 124 Å². The van der Waals surface area contributed by atoms with Crippen LogP contribution >= 0.6 is 15.9 Å². The zero-order valence-electron chi connectivity index (χ0n) is 11.7. The Hall–Kier alpha value is -0.740. The van der Waals surface area contributed by atoms with Gasteiger partial charge in [-0.25, -0.2) is 0 Å². The molecule has 1 heterocycles. The fourth-order valence-corrected chi connectivity index (χ4v) is 3.41. The van der Waals surface area contributed by atoms with Crippen LogP contribution in [0.1, 0.15) is 12.8 Å². The molecule has 0 saturated carbocycles. The Kier molecular flexibility index (Phi) is 5.11. The molecule has 0 amide bonds. The molecule has 0 bridgehead atoms. The summed E-state index contributed by atoms with van der Waals surface area (Å²) in [7, 11) is 3.86. The average molecular weight is 328 g/mol. The summed E-state index contributed by atoms with van der Waals surface area (Å²) in [5.74, 6) is 0.932. The largest absolute Gasteiger partial charge is 0.495 e. The van der Waals surface area contributed by atoms with E-state index in [2.05, 4.69) is 40.0 Å². The molecule has 3 nitrogen and oxygen atoms in total. The molecule has 0 radical (unpaired) electrons. The van der Waals surface area contributed by atoms with E-state index in [0.717, 1.165) is 49.4 Å². The number of hydrogen-bond acceptors (Lipinski definition) is 3. The number of hydrogen-bond donors (Lipinski definition) is 0. The SMILES string of the molecule is COc1ccccc1N(C)CC1(CBr)CCOCC1. The van der Waals surface area contributed by atoms with Gasteiger partial charge in [0.15, 0.2) is 0 Å². The topological polar surface area (TPSA) is 21.7 Å². The van der Waals surface area contributed by atoms with Crippen LogP contribution in [-0.2, 0) is 4.74 Å². The van der Waals surface area contributed by atoms with Gasteiger partial charge in [-0.15, -0.1) is 0 Å². The van der Waals surface area contributed by atoms with Crippen LogP contribution in [0.5, 0.6) is 5.75 Å². The van der Waals surface area contributed by atoms with E-state index in [1.807, 2.05) is 12.1 Å². The van der Waals surface area contributed by atoms with Crippen molar-refractivity contribution < 1.29 is 9.47 Å². The molecule has 1 aromatic carbocycles. The second-order valence-electron chi connectivity index (χ2n) is 5.27. The van der Waals surface area contributed by atoms with E-state index >= 15 is 0 Å². The minimum Gasteiger partial charge on any atom is -0.495 e. The highest BCUT2D eigenvalue weighted by atomic mass is 79.9. The summed E-state index contributed by atoms with van der Waals surface area (Å²) in [5.41, 5.74) is 1.45. The number of rotatable bonds is 5. The van der Waals surface area contributed by atoms with Gasteiger partial charge in [0.05, 0.1) is 12.8 Å². The molecule has 1 aliphatic rings. The van der Waals surface area contributed by atoms with Crippen molar-refractivity contribution in [2.24, 2.45) is 5.41 Å². The predicted molar refractivity (Wildman–Crippen MR) is 82.5 cm³/mol. The van der Waals surface area contributed by atoms with Gasteiger partial charge in [-0.3, -0.25) is 0 Å². The van der Waals surface area contributed by atoms with Gasteiger partial charge in [-0.05, 0) is 25.0 Å². The maximum atomic E-state index is 5.49. The van der Waals surface area contributed by atoms with Gasteiger partial charge < -0.3 is 14.4 Å². The molecule has 0 aromatic heterocycles. The minimum atomic E-state index is 0.299. The molecule has 1 saturated heterocycles. The van der Waals surface area contributed by atoms with Gasteiger partial charge in [-0.2, -0.15) is 0 Å². The molecular formula is C15H22BrNO2. The third-order valence-corrected chi connectivity index (χ3v) is 5.10. The van der Waals surface area contributed by atoms with Crippen LogP contribution in [0.2, 0.25) is 0 Å². The Morgan fingerprint density at radius 1 is 1.32 bits per heavy atom. The number of nitrogens with zero attached hydrogens (tertiary/aromatic N) is 1. The van der Waals surface area contributed by atoms with Crippen LogP contribution in [0.15, 0.2) is 24.3 Å². The van der Waals surface area contributed by atoms with Gasteiger partial charge in [0, 0.05) is 37.6 Å². The molecule has 0 spiro atoms. The number of alkyl halides is 1. The minimum absolute atomic E-state index is 0.299. The molecule has 0 unspecified atom stereocenters. The fourth-order valence-electron chi connectivity index (χ4n) is 2.67. The van der Waals surface area contributed by atoms with Gasteiger partial charge in [0.25, 0.3) is 0 Å². The van der Waals surface area contributed by atoms with Crippen LogP contribution in [0.25, 0.3) is 0 Å². The van der Waals surface area contributed by atoms with E-state index < -0.39 is 0 Å². The van der Waals surface area contributed by atoms with Crippen molar-refractivity contribution in [3.05, 3.63) is 24.3 Å². The van der Waals surface area contributed by atoms with Crippen LogP contribution in [0.3, 0.4) is 0 Å². The highest BCUT2D eigenvalue weighted by Crippen LogP contribution is 2.36. The molecule has 0 atom stereocenters. The van der Waals surface area contributed by atoms with Gasteiger partial charge in [0.2, 0.25) is 0 Å². The number of methoxy groups -OCH3 is 1. The Balaban J connectivity index is 2.12. The number of benzene rings is 1. The second-order valence-corrected chi connectivity index (χ2v) is 5.83. The van der Waals surface area contributed by atoms with Crippen molar-refractivity contribution in [3.63, 3.8) is 0 Å². The summed E-state index contributed by atoms with van der Waals surface area (Å²) in [6, 6.07) is 8.18. The first kappa shape index (κ1) is 14.7. The maximum absolute atomic E-state index is 5.49. The van der Waals surface area contributed by atoms with Crippen molar-refractivity contribution in [2.45, 2.75) is 12.8 Å². The van der Waals surface area contributed by atoms with Gasteiger partial charge in [0.1, 0.15) is 5.75 Å². The Bertz CT molecular complexity index is 405. The molecule has 0 aliphatic carbocycles. The van der Waals surface area contributed by atoms with Crippen LogP contribution < -0.4 is 9.64 Å². The number of anilines is 1. The molecule has 106 valence electrons. The molecule has 1 aromatic rings. The third kappa shape index (κ3) is 3.42. The van der Waals surface area contributed by atoms with E-state index in [1.54, 1.807) is 7.11 Å². The zero-order chi connectivity index (χ0) is 13.7. The maximum Gasteiger partial charge on any atom is 0.142 e. The molecule has 19 heavy (non-hydrogen) atoms. The van der Waals surface area contributed by atoms with Crippen LogP contribution in [0.4, 0.5) is 5.69 Å². The van der Waals surface area contributed by atoms with Crippen molar-refractivity contribution >= 4 is 21.6 Å². The van der Waals surface area contributed by atoms with Crippen molar-refractivity contribution in [3.8, 4) is 5.75 Å². The smallest absolute Gasteiger partial charge is 0.142 e. The first-order valence-corrected chi connectivity index (χ1v) is 7.81. The lowest BCUT2D eigenvalue weighted by Crippen LogP contribution is -2.41. The van der Waals surface area contributed by atoms with Crippen LogP contribution in [-0.4, -0.2) is 39.2 Å². The zero-order valence-corrected chi connectivity index (χ0v) is 13.3.